The topological polar surface area (TPSA) is 89.4 Å². The molecule has 0 spiro atoms. The number of nitrogens with two attached hydrogens (primary N) is 1. The van der Waals surface area contributed by atoms with Crippen molar-refractivity contribution in [2.45, 2.75) is 30.5 Å². The monoisotopic (exact) mass is 230 g/mol. The highest BCUT2D eigenvalue weighted by molar-refractivity contribution is 7.99. The third-order valence-electron chi connectivity index (χ3n) is 1.96. The summed E-state index contributed by atoms with van der Waals surface area (Å²) in [5.41, 5.74) is 4.43. The van der Waals surface area contributed by atoms with Crippen molar-refractivity contribution in [3.63, 3.8) is 0 Å². The molecule has 0 aliphatic carbocycles. The highest BCUT2D eigenvalue weighted by atomic mass is 32.2. The summed E-state index contributed by atoms with van der Waals surface area (Å²) in [7, 11) is 0. The molecule has 1 rings (SSSR count). The van der Waals surface area contributed by atoms with Crippen molar-refractivity contribution in [2.24, 2.45) is 5.73 Å². The molecule has 0 saturated heterocycles. The van der Waals surface area contributed by atoms with Gasteiger partial charge in [-0.1, -0.05) is 11.8 Å². The Balaban J connectivity index is 2.19. The smallest absolute Gasteiger partial charge is 0.323 e. The van der Waals surface area contributed by atoms with Crippen LogP contribution in [0, 0.1) is 0 Å². The number of rotatable bonds is 6. The van der Waals surface area contributed by atoms with E-state index < -0.39 is 11.5 Å². The Morgan fingerprint density at radius 1 is 1.80 bits per heavy atom. The minimum atomic E-state index is -1.14. The van der Waals surface area contributed by atoms with Crippen LogP contribution < -0.4 is 5.73 Å². The summed E-state index contributed by atoms with van der Waals surface area (Å²) in [5, 5.41) is 9.36. The van der Waals surface area contributed by atoms with Crippen molar-refractivity contribution in [1.82, 2.24) is 4.98 Å². The summed E-state index contributed by atoms with van der Waals surface area (Å²) in [5.74, 6) is -0.218. The maximum absolute atomic E-state index is 10.7. The molecule has 0 amide bonds. The lowest BCUT2D eigenvalue weighted by Crippen LogP contribution is -2.44. The molecule has 6 heteroatoms. The van der Waals surface area contributed by atoms with Crippen molar-refractivity contribution < 1.29 is 14.3 Å². The van der Waals surface area contributed by atoms with Gasteiger partial charge in [-0.15, -0.1) is 0 Å². The quantitative estimate of drug-likeness (QED) is 0.566. The molecule has 1 heterocycles. The number of hydrogen-bond acceptors (Lipinski definition) is 5. The molecule has 0 bridgehead atoms. The fourth-order valence-corrected chi connectivity index (χ4v) is 1.71. The lowest BCUT2D eigenvalue weighted by molar-refractivity contribution is -0.142. The molecule has 0 radical (unpaired) electrons. The van der Waals surface area contributed by atoms with Gasteiger partial charge in [-0.05, 0) is 19.8 Å². The molecule has 0 aromatic carbocycles. The Kier molecular flexibility index (Phi) is 4.16. The maximum atomic E-state index is 10.7. The zero-order chi connectivity index (χ0) is 11.3. The van der Waals surface area contributed by atoms with Crippen LogP contribution in [0.15, 0.2) is 22.1 Å². The van der Waals surface area contributed by atoms with Crippen LogP contribution in [0.25, 0.3) is 0 Å². The molecule has 1 atom stereocenters. The van der Waals surface area contributed by atoms with Crippen LogP contribution in [0.5, 0.6) is 0 Å². The summed E-state index contributed by atoms with van der Waals surface area (Å²) < 4.78 is 5.02. The van der Waals surface area contributed by atoms with Gasteiger partial charge in [0.2, 0.25) is 0 Å². The molecular weight excluding hydrogens is 216 g/mol. The highest BCUT2D eigenvalue weighted by Crippen LogP contribution is 2.18. The fourth-order valence-electron chi connectivity index (χ4n) is 0.987. The van der Waals surface area contributed by atoms with Gasteiger partial charge < -0.3 is 15.3 Å². The van der Waals surface area contributed by atoms with E-state index in [9.17, 15) is 4.79 Å². The van der Waals surface area contributed by atoms with Gasteiger partial charge in [-0.2, -0.15) is 0 Å². The molecule has 1 aromatic heterocycles. The number of carboxylic acids is 1. The zero-order valence-corrected chi connectivity index (χ0v) is 9.29. The van der Waals surface area contributed by atoms with Crippen LogP contribution in [-0.4, -0.2) is 27.4 Å². The minimum absolute atomic E-state index is 0.441. The number of oxazole rings is 1. The summed E-state index contributed by atoms with van der Waals surface area (Å²) in [6.07, 6.45) is 4.24. The number of carboxylic acid groups (broad SMARTS) is 1. The zero-order valence-electron chi connectivity index (χ0n) is 8.47. The second kappa shape index (κ2) is 5.18. The molecule has 0 aliphatic heterocycles. The SMILES string of the molecule is CC(N)(CCCSc1ncco1)C(=O)O. The highest BCUT2D eigenvalue weighted by Gasteiger charge is 2.26. The predicted molar refractivity (Wildman–Crippen MR) is 56.7 cm³/mol. The summed E-state index contributed by atoms with van der Waals surface area (Å²) in [6, 6.07) is 0. The Morgan fingerprint density at radius 3 is 3.07 bits per heavy atom. The molecule has 3 N–H and O–H groups in total. The minimum Gasteiger partial charge on any atom is -0.480 e. The number of aromatic nitrogens is 1. The van der Waals surface area contributed by atoms with Crippen molar-refractivity contribution in [3.8, 4) is 0 Å². The van der Waals surface area contributed by atoms with Crippen molar-refractivity contribution in [1.29, 1.82) is 0 Å². The van der Waals surface area contributed by atoms with E-state index in [-0.39, 0.29) is 0 Å². The van der Waals surface area contributed by atoms with Gasteiger partial charge in [0.1, 0.15) is 11.8 Å². The van der Waals surface area contributed by atoms with Crippen LogP contribution in [0.2, 0.25) is 0 Å². The Hall–Kier alpha value is -1.01. The number of carbonyl (C=O) groups is 1. The van der Waals surface area contributed by atoms with E-state index in [0.29, 0.717) is 18.1 Å². The normalized spacial score (nSPS) is 14.8. The second-order valence-corrected chi connectivity index (χ2v) is 4.52. The van der Waals surface area contributed by atoms with Gasteiger partial charge in [-0.3, -0.25) is 4.79 Å². The van der Waals surface area contributed by atoms with E-state index >= 15 is 0 Å². The Bertz CT molecular complexity index is 311. The molecule has 0 saturated carbocycles. The molecular formula is C9H14N2O3S. The lowest BCUT2D eigenvalue weighted by atomic mass is 9.98. The van der Waals surface area contributed by atoms with Crippen LogP contribution in [0.1, 0.15) is 19.8 Å². The van der Waals surface area contributed by atoms with E-state index in [1.165, 1.54) is 24.9 Å². The first-order valence-corrected chi connectivity index (χ1v) is 5.55. The van der Waals surface area contributed by atoms with E-state index in [0.717, 1.165) is 5.75 Å². The Morgan fingerprint density at radius 2 is 2.53 bits per heavy atom. The van der Waals surface area contributed by atoms with Gasteiger partial charge in [0, 0.05) is 5.75 Å². The maximum Gasteiger partial charge on any atom is 0.323 e. The van der Waals surface area contributed by atoms with E-state index in [1.807, 2.05) is 0 Å². The molecule has 0 aliphatic rings. The first-order chi connectivity index (χ1) is 7.02. The van der Waals surface area contributed by atoms with Gasteiger partial charge in [0.25, 0.3) is 5.22 Å². The average molecular weight is 230 g/mol. The van der Waals surface area contributed by atoms with Gasteiger partial charge in [0.05, 0.1) is 6.20 Å². The Labute approximate surface area is 92.1 Å². The molecule has 1 unspecified atom stereocenters. The standard InChI is InChI=1S/C9H14N2O3S/c1-9(10,7(12)13)3-2-6-15-8-11-4-5-14-8/h4-5H,2-3,6,10H2,1H3,(H,12,13). The average Bonchev–Trinajstić information content (AvgIpc) is 2.64. The van der Waals surface area contributed by atoms with Crippen LogP contribution in [0.4, 0.5) is 0 Å². The third-order valence-corrected chi connectivity index (χ3v) is 2.91. The van der Waals surface area contributed by atoms with E-state index in [4.69, 9.17) is 15.3 Å². The van der Waals surface area contributed by atoms with Crippen LogP contribution in [0.3, 0.4) is 0 Å². The second-order valence-electron chi connectivity index (χ2n) is 3.47. The van der Waals surface area contributed by atoms with Gasteiger partial charge in [-0.25, -0.2) is 4.98 Å². The number of nitrogens with zero attached hydrogens (tertiary/aromatic N) is 1. The predicted octanol–water partition coefficient (Wildman–Crippen LogP) is 1.35. The summed E-state index contributed by atoms with van der Waals surface area (Å²) in [6.45, 7) is 1.52. The van der Waals surface area contributed by atoms with Crippen LogP contribution >= 0.6 is 11.8 Å². The summed E-state index contributed by atoms with van der Waals surface area (Å²) in [4.78, 5) is 14.6. The molecule has 5 nitrogen and oxygen atoms in total. The van der Waals surface area contributed by atoms with E-state index in [2.05, 4.69) is 4.98 Å². The molecule has 0 fully saturated rings. The number of thioether (sulfide) groups is 1. The number of hydrogen-bond donors (Lipinski definition) is 2. The molecule has 1 aromatic rings. The first-order valence-electron chi connectivity index (χ1n) is 4.57. The van der Waals surface area contributed by atoms with Gasteiger partial charge >= 0.3 is 5.97 Å². The summed E-state index contributed by atoms with van der Waals surface area (Å²) >= 11 is 1.45. The third kappa shape index (κ3) is 3.93. The first kappa shape index (κ1) is 12.1. The van der Waals surface area contributed by atoms with Gasteiger partial charge in [0.15, 0.2) is 0 Å². The van der Waals surface area contributed by atoms with Crippen molar-refractivity contribution in [2.75, 3.05) is 5.75 Å². The molecule has 15 heavy (non-hydrogen) atoms. The largest absolute Gasteiger partial charge is 0.480 e. The molecule has 84 valence electrons. The lowest BCUT2D eigenvalue weighted by Gasteiger charge is -2.18. The van der Waals surface area contributed by atoms with Crippen molar-refractivity contribution >= 4 is 17.7 Å². The van der Waals surface area contributed by atoms with Crippen LogP contribution in [-0.2, 0) is 4.79 Å². The van der Waals surface area contributed by atoms with E-state index in [1.54, 1.807) is 6.20 Å². The fraction of sp³-hybridized carbons (Fsp3) is 0.556. The number of aliphatic carboxylic acids is 1. The van der Waals surface area contributed by atoms with Crippen molar-refractivity contribution in [3.05, 3.63) is 12.5 Å².